The molecule has 0 unspecified atom stereocenters. The standard InChI is InChI=1S/C44H73N3O12/c1-40(2,3)55-35(49)27-45(28-36(50)56-41(4,5)6)23-25-47(26-24-46(29-37(51)57-42(7,8)9)30-38(52)58-43(10,11)12)33(39(53)59-44(13,14)15)21-22-34(48)54-31-32-19-17-16-18-20-32/h16-20,33H,21-31H2,1-15H3/t33-/m0/s1. The quantitative estimate of drug-likeness (QED) is 0.113. The van der Waals surface area contributed by atoms with E-state index in [1.54, 1.807) is 119 Å². The van der Waals surface area contributed by atoms with Crippen LogP contribution in [0.2, 0.25) is 0 Å². The maximum atomic E-state index is 14.1. The lowest BCUT2D eigenvalue weighted by Crippen LogP contribution is -2.52. The number of benzene rings is 1. The summed E-state index contributed by atoms with van der Waals surface area (Å²) in [7, 11) is 0. The van der Waals surface area contributed by atoms with Gasteiger partial charge in [0.05, 0.1) is 26.2 Å². The summed E-state index contributed by atoms with van der Waals surface area (Å²) >= 11 is 0. The first kappa shape index (κ1) is 52.9. The molecule has 0 bridgehead atoms. The van der Waals surface area contributed by atoms with Crippen LogP contribution in [-0.4, -0.2) is 137 Å². The molecule has 0 aliphatic heterocycles. The molecule has 0 radical (unpaired) electrons. The molecule has 0 N–H and O–H groups in total. The SMILES string of the molecule is CC(C)(C)OC(=O)CN(CCN(CCN(CC(=O)OC(C)(C)C)CC(=O)OC(C)(C)C)[C@@H](CCC(=O)OCc1ccccc1)C(=O)OC(C)(C)C)CC(=O)OC(C)(C)C. The Kier molecular flexibility index (Phi) is 20.7. The van der Waals surface area contributed by atoms with Crippen molar-refractivity contribution in [2.24, 2.45) is 0 Å². The van der Waals surface area contributed by atoms with Crippen LogP contribution >= 0.6 is 0 Å². The predicted octanol–water partition coefficient (Wildman–Crippen LogP) is 5.49. The van der Waals surface area contributed by atoms with Crippen molar-refractivity contribution in [3.63, 3.8) is 0 Å². The highest BCUT2D eigenvalue weighted by atomic mass is 16.6. The molecule has 1 aromatic carbocycles. The highest BCUT2D eigenvalue weighted by Gasteiger charge is 2.33. The van der Waals surface area contributed by atoms with Crippen LogP contribution < -0.4 is 0 Å². The van der Waals surface area contributed by atoms with Crippen LogP contribution in [0.3, 0.4) is 0 Å². The number of carbonyl (C=O) groups is 6. The summed E-state index contributed by atoms with van der Waals surface area (Å²) in [5.41, 5.74) is -3.25. The fourth-order valence-electron chi connectivity index (χ4n) is 5.50. The maximum absolute atomic E-state index is 14.1. The van der Waals surface area contributed by atoms with Crippen molar-refractivity contribution in [3.05, 3.63) is 35.9 Å². The van der Waals surface area contributed by atoms with E-state index in [0.29, 0.717) is 0 Å². The smallest absolute Gasteiger partial charge is 0.323 e. The summed E-state index contributed by atoms with van der Waals surface area (Å²) in [5, 5.41) is 0. The number of hydrogen-bond acceptors (Lipinski definition) is 15. The highest BCUT2D eigenvalue weighted by Crippen LogP contribution is 2.18. The Morgan fingerprint density at radius 1 is 0.475 bits per heavy atom. The van der Waals surface area contributed by atoms with Gasteiger partial charge >= 0.3 is 35.8 Å². The van der Waals surface area contributed by atoms with E-state index in [9.17, 15) is 28.8 Å². The van der Waals surface area contributed by atoms with E-state index in [1.807, 2.05) is 30.3 Å². The van der Waals surface area contributed by atoms with E-state index in [0.717, 1.165) is 5.56 Å². The van der Waals surface area contributed by atoms with Gasteiger partial charge in [0.2, 0.25) is 0 Å². The van der Waals surface area contributed by atoms with Crippen molar-refractivity contribution in [1.82, 2.24) is 14.7 Å². The molecule has 0 heterocycles. The average molecular weight is 836 g/mol. The van der Waals surface area contributed by atoms with Crippen LogP contribution in [0.1, 0.15) is 122 Å². The van der Waals surface area contributed by atoms with E-state index in [-0.39, 0.29) is 71.8 Å². The van der Waals surface area contributed by atoms with Gasteiger partial charge in [-0.25, -0.2) is 0 Å². The lowest BCUT2D eigenvalue weighted by atomic mass is 10.1. The molecule has 0 aliphatic rings. The predicted molar refractivity (Wildman–Crippen MR) is 223 cm³/mol. The summed E-state index contributed by atoms with van der Waals surface area (Å²) in [5.74, 6) is -3.44. The second kappa shape index (κ2) is 23.1. The van der Waals surface area contributed by atoms with Gasteiger partial charge in [-0.3, -0.25) is 43.5 Å². The molecule has 0 aliphatic carbocycles. The maximum Gasteiger partial charge on any atom is 0.323 e. The summed E-state index contributed by atoms with van der Waals surface area (Å²) in [6, 6.07) is 8.16. The summed E-state index contributed by atoms with van der Waals surface area (Å²) in [6.07, 6.45) is -0.162. The number of hydrogen-bond donors (Lipinski definition) is 0. The van der Waals surface area contributed by atoms with Crippen molar-refractivity contribution >= 4 is 35.8 Å². The van der Waals surface area contributed by atoms with Gasteiger partial charge in [-0.05, 0) is 116 Å². The number of rotatable bonds is 21. The molecule has 0 saturated carbocycles. The minimum absolute atomic E-state index is 0.0151. The van der Waals surface area contributed by atoms with Crippen LogP contribution in [0.5, 0.6) is 0 Å². The van der Waals surface area contributed by atoms with Crippen LogP contribution in [-0.2, 0) is 63.8 Å². The zero-order valence-corrected chi connectivity index (χ0v) is 38.5. The molecule has 1 atom stereocenters. The zero-order chi connectivity index (χ0) is 45.4. The minimum Gasteiger partial charge on any atom is -0.461 e. The van der Waals surface area contributed by atoms with Gasteiger partial charge in [0.1, 0.15) is 40.7 Å². The molecule has 0 saturated heterocycles. The number of carbonyl (C=O) groups excluding carboxylic acids is 6. The number of nitrogens with zero attached hydrogens (tertiary/aromatic N) is 3. The zero-order valence-electron chi connectivity index (χ0n) is 38.5. The first-order valence-electron chi connectivity index (χ1n) is 20.3. The van der Waals surface area contributed by atoms with Gasteiger partial charge < -0.3 is 28.4 Å². The molecule has 15 heteroatoms. The van der Waals surface area contributed by atoms with E-state index < -0.39 is 69.9 Å². The first-order valence-corrected chi connectivity index (χ1v) is 20.3. The van der Waals surface area contributed by atoms with Crippen LogP contribution in [0.25, 0.3) is 0 Å². The molecular formula is C44H73N3O12. The van der Waals surface area contributed by atoms with Crippen molar-refractivity contribution in [2.45, 2.75) is 157 Å². The topological polar surface area (TPSA) is 168 Å². The molecule has 0 spiro atoms. The van der Waals surface area contributed by atoms with Gasteiger partial charge in [0.25, 0.3) is 0 Å². The number of ether oxygens (including phenoxy) is 6. The molecule has 0 amide bonds. The average Bonchev–Trinajstić information content (AvgIpc) is 3.00. The monoisotopic (exact) mass is 836 g/mol. The van der Waals surface area contributed by atoms with E-state index >= 15 is 0 Å². The highest BCUT2D eigenvalue weighted by molar-refractivity contribution is 5.78. The van der Waals surface area contributed by atoms with E-state index in [1.165, 1.54) is 0 Å². The Morgan fingerprint density at radius 2 is 0.814 bits per heavy atom. The molecular weight excluding hydrogens is 762 g/mol. The van der Waals surface area contributed by atoms with Gasteiger partial charge in [-0.2, -0.15) is 0 Å². The second-order valence-electron chi connectivity index (χ2n) is 19.5. The van der Waals surface area contributed by atoms with Crippen LogP contribution in [0.15, 0.2) is 30.3 Å². The van der Waals surface area contributed by atoms with Gasteiger partial charge in [0, 0.05) is 32.6 Å². The Hall–Kier alpha value is -4.08. The number of esters is 6. The Morgan fingerprint density at radius 3 is 1.14 bits per heavy atom. The molecule has 0 aromatic heterocycles. The largest absolute Gasteiger partial charge is 0.461 e. The molecule has 15 nitrogen and oxygen atoms in total. The normalized spacial score (nSPS) is 13.2. The van der Waals surface area contributed by atoms with Crippen LogP contribution in [0.4, 0.5) is 0 Å². The van der Waals surface area contributed by atoms with Crippen molar-refractivity contribution in [2.75, 3.05) is 52.4 Å². The van der Waals surface area contributed by atoms with Crippen molar-refractivity contribution in [1.29, 1.82) is 0 Å². The minimum atomic E-state index is -1.03. The molecule has 59 heavy (non-hydrogen) atoms. The molecule has 1 rings (SSSR count). The van der Waals surface area contributed by atoms with Crippen LogP contribution in [0, 0.1) is 0 Å². The van der Waals surface area contributed by atoms with Gasteiger partial charge in [-0.15, -0.1) is 0 Å². The van der Waals surface area contributed by atoms with Crippen molar-refractivity contribution in [3.8, 4) is 0 Å². The lowest BCUT2D eigenvalue weighted by molar-refractivity contribution is -0.165. The third-order valence-corrected chi connectivity index (χ3v) is 7.48. The molecule has 1 aromatic rings. The summed E-state index contributed by atoms with van der Waals surface area (Å²) < 4.78 is 33.7. The Bertz CT molecular complexity index is 1380. The fourth-order valence-corrected chi connectivity index (χ4v) is 5.50. The molecule has 336 valence electrons. The Labute approximate surface area is 352 Å². The second-order valence-corrected chi connectivity index (χ2v) is 19.5. The van der Waals surface area contributed by atoms with Gasteiger partial charge in [-0.1, -0.05) is 30.3 Å². The third kappa shape index (κ3) is 27.3. The van der Waals surface area contributed by atoms with Gasteiger partial charge in [0.15, 0.2) is 0 Å². The lowest BCUT2D eigenvalue weighted by Gasteiger charge is -2.35. The Balaban J connectivity index is 3.64. The first-order chi connectivity index (χ1) is 26.8. The molecule has 0 fully saturated rings. The summed E-state index contributed by atoms with van der Waals surface area (Å²) in [4.78, 5) is 84.4. The third-order valence-electron chi connectivity index (χ3n) is 7.48. The summed E-state index contributed by atoms with van der Waals surface area (Å²) in [6.45, 7) is 25.3. The van der Waals surface area contributed by atoms with E-state index in [4.69, 9.17) is 28.4 Å². The van der Waals surface area contributed by atoms with Crippen molar-refractivity contribution < 1.29 is 57.2 Å². The fraction of sp³-hybridized carbons (Fsp3) is 0.727. The van der Waals surface area contributed by atoms with E-state index in [2.05, 4.69) is 0 Å².